The summed E-state index contributed by atoms with van der Waals surface area (Å²) < 4.78 is 19.0. The van der Waals surface area contributed by atoms with Gasteiger partial charge >= 0.3 is 0 Å². The second-order valence-electron chi connectivity index (χ2n) is 4.53. The first-order valence-electron chi connectivity index (χ1n) is 6.27. The SMILES string of the molecule is CC(Oc1ccc(F)cc1[C@@H](C)O)c1ccccc1. The molecule has 0 saturated carbocycles. The molecule has 2 aromatic carbocycles. The molecule has 2 atom stereocenters. The van der Waals surface area contributed by atoms with Gasteiger partial charge in [-0.25, -0.2) is 4.39 Å². The van der Waals surface area contributed by atoms with Gasteiger partial charge in [0.1, 0.15) is 17.7 Å². The van der Waals surface area contributed by atoms with E-state index < -0.39 is 6.10 Å². The van der Waals surface area contributed by atoms with E-state index in [0.29, 0.717) is 11.3 Å². The molecule has 0 radical (unpaired) electrons. The summed E-state index contributed by atoms with van der Waals surface area (Å²) in [5, 5.41) is 9.67. The smallest absolute Gasteiger partial charge is 0.126 e. The van der Waals surface area contributed by atoms with Crippen molar-refractivity contribution in [1.29, 1.82) is 0 Å². The highest BCUT2D eigenvalue weighted by Gasteiger charge is 2.14. The number of hydrogen-bond donors (Lipinski definition) is 1. The minimum Gasteiger partial charge on any atom is -0.486 e. The molecule has 0 bridgehead atoms. The van der Waals surface area contributed by atoms with Crippen molar-refractivity contribution >= 4 is 0 Å². The molecule has 1 unspecified atom stereocenters. The predicted molar refractivity (Wildman–Crippen MR) is 72.5 cm³/mol. The van der Waals surface area contributed by atoms with Crippen LogP contribution in [0, 0.1) is 5.82 Å². The maximum absolute atomic E-state index is 13.2. The Kier molecular flexibility index (Phi) is 4.17. The van der Waals surface area contributed by atoms with Gasteiger partial charge < -0.3 is 9.84 Å². The van der Waals surface area contributed by atoms with Gasteiger partial charge in [0.05, 0.1) is 6.10 Å². The molecule has 2 rings (SSSR count). The molecular weight excluding hydrogens is 243 g/mol. The van der Waals surface area contributed by atoms with E-state index in [1.165, 1.54) is 12.1 Å². The van der Waals surface area contributed by atoms with Crippen LogP contribution < -0.4 is 4.74 Å². The van der Waals surface area contributed by atoms with Crippen molar-refractivity contribution in [2.24, 2.45) is 0 Å². The first-order valence-corrected chi connectivity index (χ1v) is 6.27. The van der Waals surface area contributed by atoms with Crippen molar-refractivity contribution in [3.05, 3.63) is 65.5 Å². The number of halogens is 1. The average molecular weight is 260 g/mol. The van der Waals surface area contributed by atoms with Gasteiger partial charge in [-0.15, -0.1) is 0 Å². The molecule has 0 aliphatic heterocycles. The van der Waals surface area contributed by atoms with E-state index in [1.807, 2.05) is 37.3 Å². The Morgan fingerprint density at radius 2 is 1.74 bits per heavy atom. The molecule has 2 aromatic rings. The molecule has 2 nitrogen and oxygen atoms in total. The first kappa shape index (κ1) is 13.6. The van der Waals surface area contributed by atoms with Crippen LogP contribution in [0.2, 0.25) is 0 Å². The number of aliphatic hydroxyl groups excluding tert-OH is 1. The quantitative estimate of drug-likeness (QED) is 0.899. The van der Waals surface area contributed by atoms with Crippen molar-refractivity contribution in [2.75, 3.05) is 0 Å². The Hall–Kier alpha value is -1.87. The monoisotopic (exact) mass is 260 g/mol. The second kappa shape index (κ2) is 5.85. The zero-order valence-electron chi connectivity index (χ0n) is 11.0. The van der Waals surface area contributed by atoms with E-state index in [1.54, 1.807) is 13.0 Å². The largest absolute Gasteiger partial charge is 0.486 e. The molecular formula is C16H17FO2. The van der Waals surface area contributed by atoms with E-state index in [4.69, 9.17) is 4.74 Å². The van der Waals surface area contributed by atoms with Crippen LogP contribution in [0.25, 0.3) is 0 Å². The fraction of sp³-hybridized carbons (Fsp3) is 0.250. The fourth-order valence-corrected chi connectivity index (χ4v) is 1.94. The van der Waals surface area contributed by atoms with E-state index in [9.17, 15) is 9.50 Å². The Morgan fingerprint density at radius 3 is 2.37 bits per heavy atom. The Bertz CT molecular complexity index is 538. The zero-order chi connectivity index (χ0) is 13.8. The normalized spacial score (nSPS) is 13.9. The summed E-state index contributed by atoms with van der Waals surface area (Å²) in [5.74, 6) is 0.128. The molecule has 0 aromatic heterocycles. The Morgan fingerprint density at radius 1 is 1.05 bits per heavy atom. The van der Waals surface area contributed by atoms with Crippen molar-refractivity contribution in [3.8, 4) is 5.75 Å². The lowest BCUT2D eigenvalue weighted by Crippen LogP contribution is -2.06. The van der Waals surface area contributed by atoms with Gasteiger partial charge in [-0.05, 0) is 37.6 Å². The summed E-state index contributed by atoms with van der Waals surface area (Å²) in [4.78, 5) is 0. The van der Waals surface area contributed by atoms with Gasteiger partial charge in [-0.2, -0.15) is 0 Å². The van der Waals surface area contributed by atoms with Crippen molar-refractivity contribution in [3.63, 3.8) is 0 Å². The highest BCUT2D eigenvalue weighted by atomic mass is 19.1. The summed E-state index contributed by atoms with van der Waals surface area (Å²) >= 11 is 0. The molecule has 0 aliphatic rings. The number of aliphatic hydroxyl groups is 1. The lowest BCUT2D eigenvalue weighted by molar-refractivity contribution is 0.178. The number of ether oxygens (including phenoxy) is 1. The maximum atomic E-state index is 13.2. The van der Waals surface area contributed by atoms with Crippen LogP contribution in [0.3, 0.4) is 0 Å². The number of hydrogen-bond acceptors (Lipinski definition) is 2. The van der Waals surface area contributed by atoms with Gasteiger partial charge in [0.15, 0.2) is 0 Å². The minimum atomic E-state index is -0.770. The van der Waals surface area contributed by atoms with Crippen molar-refractivity contribution in [1.82, 2.24) is 0 Å². The molecule has 0 aliphatic carbocycles. The minimum absolute atomic E-state index is 0.163. The van der Waals surface area contributed by atoms with Gasteiger partial charge in [0.2, 0.25) is 0 Å². The van der Waals surface area contributed by atoms with Crippen LogP contribution in [0.15, 0.2) is 48.5 Å². The van der Waals surface area contributed by atoms with Crippen LogP contribution >= 0.6 is 0 Å². The summed E-state index contributed by atoms with van der Waals surface area (Å²) in [7, 11) is 0. The third-order valence-electron chi connectivity index (χ3n) is 2.99. The molecule has 0 saturated heterocycles. The zero-order valence-corrected chi connectivity index (χ0v) is 11.0. The lowest BCUT2D eigenvalue weighted by atomic mass is 10.1. The van der Waals surface area contributed by atoms with E-state index in [2.05, 4.69) is 0 Å². The fourth-order valence-electron chi connectivity index (χ4n) is 1.94. The van der Waals surface area contributed by atoms with Crippen LogP contribution in [0.5, 0.6) is 5.75 Å². The number of benzene rings is 2. The van der Waals surface area contributed by atoms with Gasteiger partial charge in [-0.3, -0.25) is 0 Å². The summed E-state index contributed by atoms with van der Waals surface area (Å²) in [6, 6.07) is 13.9. The van der Waals surface area contributed by atoms with Crippen molar-refractivity contribution < 1.29 is 14.2 Å². The first-order chi connectivity index (χ1) is 9.08. The molecule has 1 N–H and O–H groups in total. The topological polar surface area (TPSA) is 29.5 Å². The Labute approximate surface area is 112 Å². The van der Waals surface area contributed by atoms with E-state index >= 15 is 0 Å². The molecule has 3 heteroatoms. The van der Waals surface area contributed by atoms with Gasteiger partial charge in [0.25, 0.3) is 0 Å². The summed E-state index contributed by atoms with van der Waals surface area (Å²) in [5.41, 5.74) is 1.49. The third kappa shape index (κ3) is 3.32. The van der Waals surface area contributed by atoms with Crippen molar-refractivity contribution in [2.45, 2.75) is 26.1 Å². The predicted octanol–water partition coefficient (Wildman–Crippen LogP) is 4.02. The summed E-state index contributed by atoms with van der Waals surface area (Å²) in [6.07, 6.45) is -0.933. The summed E-state index contributed by atoms with van der Waals surface area (Å²) in [6.45, 7) is 3.51. The Balaban J connectivity index is 2.24. The molecule has 100 valence electrons. The molecule has 0 amide bonds. The van der Waals surface area contributed by atoms with Gasteiger partial charge in [-0.1, -0.05) is 30.3 Å². The maximum Gasteiger partial charge on any atom is 0.126 e. The van der Waals surface area contributed by atoms with Crippen LogP contribution in [-0.4, -0.2) is 5.11 Å². The van der Waals surface area contributed by atoms with Crippen LogP contribution in [0.4, 0.5) is 4.39 Å². The second-order valence-corrected chi connectivity index (χ2v) is 4.53. The van der Waals surface area contributed by atoms with Crippen LogP contribution in [-0.2, 0) is 0 Å². The van der Waals surface area contributed by atoms with E-state index in [-0.39, 0.29) is 11.9 Å². The van der Waals surface area contributed by atoms with E-state index in [0.717, 1.165) is 5.56 Å². The molecule has 19 heavy (non-hydrogen) atoms. The number of rotatable bonds is 4. The lowest BCUT2D eigenvalue weighted by Gasteiger charge is -2.19. The molecule has 0 fully saturated rings. The van der Waals surface area contributed by atoms with Crippen LogP contribution in [0.1, 0.15) is 37.2 Å². The highest BCUT2D eigenvalue weighted by Crippen LogP contribution is 2.30. The average Bonchev–Trinajstić information content (AvgIpc) is 2.41. The molecule has 0 spiro atoms. The standard InChI is InChI=1S/C16H17FO2/c1-11(18)15-10-14(17)8-9-16(15)19-12(2)13-6-4-3-5-7-13/h3-12,18H,1-2H3/t11-,12?/m1/s1. The highest BCUT2D eigenvalue weighted by molar-refractivity contribution is 5.36. The third-order valence-corrected chi connectivity index (χ3v) is 2.99. The van der Waals surface area contributed by atoms with Gasteiger partial charge in [0, 0.05) is 5.56 Å². The molecule has 0 heterocycles.